The van der Waals surface area contributed by atoms with Gasteiger partial charge in [0.05, 0.1) is 18.7 Å². The monoisotopic (exact) mass is 304 g/mol. The Labute approximate surface area is 112 Å². The molecule has 0 atom stereocenters. The summed E-state index contributed by atoms with van der Waals surface area (Å²) in [7, 11) is 0. The molecule has 4 nitrogen and oxygen atoms in total. The van der Waals surface area contributed by atoms with Gasteiger partial charge >= 0.3 is 0 Å². The number of halogens is 1. The molecule has 0 radical (unpaired) electrons. The molecule has 1 amide bonds. The molecule has 5 heteroatoms. The maximum atomic E-state index is 11.8. The normalized spacial score (nSPS) is 15.7. The Morgan fingerprint density at radius 1 is 1.17 bits per heavy atom. The van der Waals surface area contributed by atoms with Gasteiger partial charge in [-0.3, -0.25) is 14.6 Å². The van der Waals surface area contributed by atoms with Gasteiger partial charge in [0.1, 0.15) is 0 Å². The van der Waals surface area contributed by atoms with Crippen molar-refractivity contribution in [1.29, 1.82) is 0 Å². The van der Waals surface area contributed by atoms with Gasteiger partial charge in [0.25, 0.3) is 0 Å². The highest BCUT2D eigenvalue weighted by atomic mass is 79.9. The number of carbonyl (C=O) groups is 2. The smallest absolute Gasteiger partial charge is 0.234 e. The standard InChI is InChI=1S/C13H9BrN2O2/c14-11-1-2-12(10-6-15-4-3-9(10)11)16-7-8(17)5-13(16)18/h1-4,6H,5,7H2. The van der Waals surface area contributed by atoms with E-state index in [4.69, 9.17) is 0 Å². The van der Waals surface area contributed by atoms with Gasteiger partial charge in [-0.2, -0.15) is 0 Å². The molecule has 2 aromatic rings. The first kappa shape index (κ1) is 11.3. The van der Waals surface area contributed by atoms with Crippen LogP contribution in [0.3, 0.4) is 0 Å². The number of amides is 1. The first-order valence-electron chi connectivity index (χ1n) is 5.51. The van der Waals surface area contributed by atoms with E-state index in [9.17, 15) is 9.59 Å². The molecule has 0 saturated carbocycles. The van der Waals surface area contributed by atoms with Crippen LogP contribution in [0.25, 0.3) is 10.8 Å². The average Bonchev–Trinajstić information content (AvgIpc) is 2.69. The molecular formula is C13H9BrN2O2. The minimum Gasteiger partial charge on any atom is -0.304 e. The van der Waals surface area contributed by atoms with Gasteiger partial charge in [-0.25, -0.2) is 0 Å². The second kappa shape index (κ2) is 4.17. The highest BCUT2D eigenvalue weighted by Gasteiger charge is 2.29. The molecule has 0 unspecified atom stereocenters. The predicted octanol–water partition coefficient (Wildman–Crippen LogP) is 2.30. The number of fused-ring (bicyclic) bond motifs is 1. The van der Waals surface area contributed by atoms with Crippen LogP contribution in [0.4, 0.5) is 5.69 Å². The molecule has 90 valence electrons. The van der Waals surface area contributed by atoms with E-state index in [1.54, 1.807) is 12.4 Å². The molecule has 18 heavy (non-hydrogen) atoms. The molecule has 1 fully saturated rings. The van der Waals surface area contributed by atoms with Gasteiger partial charge in [0.2, 0.25) is 5.91 Å². The van der Waals surface area contributed by atoms with Gasteiger partial charge in [0, 0.05) is 27.6 Å². The lowest BCUT2D eigenvalue weighted by atomic mass is 10.1. The Kier molecular flexibility index (Phi) is 2.63. The van der Waals surface area contributed by atoms with Crippen molar-refractivity contribution >= 4 is 44.1 Å². The van der Waals surface area contributed by atoms with E-state index in [0.717, 1.165) is 20.9 Å². The third kappa shape index (κ3) is 1.71. The van der Waals surface area contributed by atoms with Gasteiger partial charge in [-0.1, -0.05) is 15.9 Å². The quantitative estimate of drug-likeness (QED) is 0.760. The summed E-state index contributed by atoms with van der Waals surface area (Å²) in [4.78, 5) is 28.8. The molecule has 1 aromatic heterocycles. The number of anilines is 1. The van der Waals surface area contributed by atoms with E-state index in [-0.39, 0.29) is 24.7 Å². The highest BCUT2D eigenvalue weighted by molar-refractivity contribution is 9.10. The number of pyridine rings is 1. The van der Waals surface area contributed by atoms with Crippen molar-refractivity contribution in [2.45, 2.75) is 6.42 Å². The summed E-state index contributed by atoms with van der Waals surface area (Å²) in [6.45, 7) is 0.157. The lowest BCUT2D eigenvalue weighted by Crippen LogP contribution is -2.24. The number of benzene rings is 1. The molecule has 0 N–H and O–H groups in total. The number of hydrogen-bond acceptors (Lipinski definition) is 3. The molecular weight excluding hydrogens is 296 g/mol. The number of rotatable bonds is 1. The van der Waals surface area contributed by atoms with Gasteiger partial charge in [0.15, 0.2) is 5.78 Å². The van der Waals surface area contributed by atoms with Crippen LogP contribution < -0.4 is 4.90 Å². The molecule has 1 aromatic carbocycles. The van der Waals surface area contributed by atoms with Crippen LogP contribution in [0.1, 0.15) is 6.42 Å². The van der Waals surface area contributed by atoms with Crippen molar-refractivity contribution in [2.24, 2.45) is 0 Å². The van der Waals surface area contributed by atoms with Crippen molar-refractivity contribution < 1.29 is 9.59 Å². The van der Waals surface area contributed by atoms with Crippen molar-refractivity contribution in [3.8, 4) is 0 Å². The first-order chi connectivity index (χ1) is 8.66. The molecule has 1 aliphatic rings. The minimum atomic E-state index is -0.146. The van der Waals surface area contributed by atoms with Crippen molar-refractivity contribution in [3.05, 3.63) is 35.1 Å². The van der Waals surface area contributed by atoms with Crippen molar-refractivity contribution in [2.75, 3.05) is 11.4 Å². The van der Waals surface area contributed by atoms with E-state index in [0.29, 0.717) is 0 Å². The van der Waals surface area contributed by atoms with Crippen LogP contribution in [0.5, 0.6) is 0 Å². The van der Waals surface area contributed by atoms with Gasteiger partial charge in [-0.05, 0) is 18.2 Å². The summed E-state index contributed by atoms with van der Waals surface area (Å²) >= 11 is 3.47. The fourth-order valence-corrected chi connectivity index (χ4v) is 2.66. The Bertz CT molecular complexity index is 669. The Balaban J connectivity index is 2.21. The average molecular weight is 305 g/mol. The van der Waals surface area contributed by atoms with E-state index in [1.165, 1.54) is 4.90 Å². The summed E-state index contributed by atoms with van der Waals surface area (Å²) < 4.78 is 0.946. The second-order valence-electron chi connectivity index (χ2n) is 4.18. The molecule has 0 bridgehead atoms. The minimum absolute atomic E-state index is 0.00216. The molecule has 0 aliphatic carbocycles. The molecule has 1 saturated heterocycles. The van der Waals surface area contributed by atoms with Crippen LogP contribution in [0, 0.1) is 0 Å². The van der Waals surface area contributed by atoms with Gasteiger partial charge in [-0.15, -0.1) is 0 Å². The van der Waals surface area contributed by atoms with Crippen LogP contribution >= 0.6 is 15.9 Å². The number of Topliss-reactive ketones (excluding diaryl/α,β-unsaturated/α-hetero) is 1. The second-order valence-corrected chi connectivity index (χ2v) is 5.04. The topological polar surface area (TPSA) is 50.3 Å². The SMILES string of the molecule is O=C1CC(=O)N(c2ccc(Br)c3ccncc23)C1. The lowest BCUT2D eigenvalue weighted by molar-refractivity contribution is -0.121. The molecule has 0 spiro atoms. The summed E-state index contributed by atoms with van der Waals surface area (Å²) in [6, 6.07) is 5.60. The Morgan fingerprint density at radius 2 is 2.00 bits per heavy atom. The van der Waals surface area contributed by atoms with Crippen LogP contribution in [-0.2, 0) is 9.59 Å². The predicted molar refractivity (Wildman–Crippen MR) is 71.4 cm³/mol. The number of ketones is 1. The van der Waals surface area contributed by atoms with Crippen molar-refractivity contribution in [1.82, 2.24) is 4.98 Å². The maximum absolute atomic E-state index is 11.8. The summed E-state index contributed by atoms with van der Waals surface area (Å²) in [6.07, 6.45) is 3.41. The molecule has 1 aliphatic heterocycles. The zero-order valence-electron chi connectivity index (χ0n) is 9.39. The van der Waals surface area contributed by atoms with E-state index < -0.39 is 0 Å². The number of hydrogen-bond donors (Lipinski definition) is 0. The van der Waals surface area contributed by atoms with E-state index >= 15 is 0 Å². The molecule has 2 heterocycles. The number of nitrogens with zero attached hydrogens (tertiary/aromatic N) is 2. The first-order valence-corrected chi connectivity index (χ1v) is 6.30. The number of aromatic nitrogens is 1. The van der Waals surface area contributed by atoms with Crippen molar-refractivity contribution in [3.63, 3.8) is 0 Å². The third-order valence-electron chi connectivity index (χ3n) is 3.02. The van der Waals surface area contributed by atoms with Crippen LogP contribution in [-0.4, -0.2) is 23.2 Å². The summed E-state index contributed by atoms with van der Waals surface area (Å²) in [5.74, 6) is -0.188. The van der Waals surface area contributed by atoms with E-state index in [2.05, 4.69) is 20.9 Å². The highest BCUT2D eigenvalue weighted by Crippen LogP contribution is 2.33. The summed E-state index contributed by atoms with van der Waals surface area (Å²) in [5.41, 5.74) is 0.747. The van der Waals surface area contributed by atoms with Gasteiger partial charge < -0.3 is 4.90 Å². The zero-order valence-corrected chi connectivity index (χ0v) is 11.0. The summed E-state index contributed by atoms with van der Waals surface area (Å²) in [5, 5.41) is 1.85. The Hall–Kier alpha value is -1.75. The fourth-order valence-electron chi connectivity index (χ4n) is 2.18. The van der Waals surface area contributed by atoms with Crippen LogP contribution in [0.2, 0.25) is 0 Å². The van der Waals surface area contributed by atoms with E-state index in [1.807, 2.05) is 18.2 Å². The number of carbonyl (C=O) groups excluding carboxylic acids is 2. The lowest BCUT2D eigenvalue weighted by Gasteiger charge is -2.17. The zero-order chi connectivity index (χ0) is 12.7. The maximum Gasteiger partial charge on any atom is 0.234 e. The Morgan fingerprint density at radius 3 is 2.72 bits per heavy atom. The van der Waals surface area contributed by atoms with Crippen LogP contribution in [0.15, 0.2) is 35.1 Å². The molecule has 3 rings (SSSR count). The fraction of sp³-hybridized carbons (Fsp3) is 0.154. The largest absolute Gasteiger partial charge is 0.304 e. The third-order valence-corrected chi connectivity index (χ3v) is 3.71.